The molecule has 1 fully saturated rings. The van der Waals surface area contributed by atoms with E-state index in [-0.39, 0.29) is 5.92 Å². The summed E-state index contributed by atoms with van der Waals surface area (Å²) in [5.41, 5.74) is 1.06. The standard InChI is InChI=1S/C18H20NO/c20-18(15-7-3-1-4-8-15,16-9-5-2-6-10-16)17-11-13-19-14-12-17/h1-10,17,20H,11-14H2/q-1. The van der Waals surface area contributed by atoms with Gasteiger partial charge < -0.3 is 10.4 Å². The van der Waals surface area contributed by atoms with E-state index in [1.165, 1.54) is 0 Å². The van der Waals surface area contributed by atoms with Crippen LogP contribution in [0.3, 0.4) is 0 Å². The highest BCUT2D eigenvalue weighted by Crippen LogP contribution is 2.41. The summed E-state index contributed by atoms with van der Waals surface area (Å²) < 4.78 is 0. The Morgan fingerprint density at radius 2 is 1.25 bits per heavy atom. The predicted octanol–water partition coefficient (Wildman–Crippen LogP) is 3.71. The van der Waals surface area contributed by atoms with Gasteiger partial charge in [0.1, 0.15) is 5.60 Å². The first kappa shape index (κ1) is 13.3. The van der Waals surface area contributed by atoms with Crippen molar-refractivity contribution in [2.75, 3.05) is 13.1 Å². The molecule has 2 aromatic carbocycles. The molecular weight excluding hydrogens is 246 g/mol. The molecule has 1 N–H and O–H groups in total. The van der Waals surface area contributed by atoms with Gasteiger partial charge in [-0.2, -0.15) is 0 Å². The van der Waals surface area contributed by atoms with Crippen molar-refractivity contribution < 1.29 is 5.11 Å². The molecule has 0 radical (unpaired) electrons. The molecule has 20 heavy (non-hydrogen) atoms. The van der Waals surface area contributed by atoms with E-state index in [0.717, 1.165) is 37.1 Å². The Morgan fingerprint density at radius 3 is 1.70 bits per heavy atom. The van der Waals surface area contributed by atoms with Crippen LogP contribution >= 0.6 is 0 Å². The van der Waals surface area contributed by atoms with Crippen molar-refractivity contribution in [3.63, 3.8) is 0 Å². The van der Waals surface area contributed by atoms with Gasteiger partial charge in [-0.25, -0.2) is 0 Å². The number of hydrogen-bond donors (Lipinski definition) is 1. The minimum Gasteiger partial charge on any atom is -0.662 e. The molecule has 1 heterocycles. The zero-order valence-electron chi connectivity index (χ0n) is 11.6. The van der Waals surface area contributed by atoms with Crippen molar-refractivity contribution in [1.29, 1.82) is 0 Å². The van der Waals surface area contributed by atoms with Crippen LogP contribution in [0, 0.1) is 5.92 Å². The quantitative estimate of drug-likeness (QED) is 0.903. The van der Waals surface area contributed by atoms with E-state index in [9.17, 15) is 5.11 Å². The van der Waals surface area contributed by atoms with Crippen molar-refractivity contribution >= 4 is 0 Å². The lowest BCUT2D eigenvalue weighted by Crippen LogP contribution is -2.39. The van der Waals surface area contributed by atoms with Crippen LogP contribution in [0.15, 0.2) is 60.7 Å². The van der Waals surface area contributed by atoms with E-state index in [2.05, 4.69) is 5.32 Å². The topological polar surface area (TPSA) is 34.3 Å². The summed E-state index contributed by atoms with van der Waals surface area (Å²) in [4.78, 5) is 0. The van der Waals surface area contributed by atoms with E-state index in [0.29, 0.717) is 0 Å². The Balaban J connectivity index is 2.07. The maximum absolute atomic E-state index is 11.5. The average Bonchev–Trinajstić information content (AvgIpc) is 2.56. The molecule has 2 heteroatoms. The molecule has 0 unspecified atom stereocenters. The Labute approximate surface area is 120 Å². The van der Waals surface area contributed by atoms with Crippen LogP contribution in [0.2, 0.25) is 0 Å². The lowest BCUT2D eigenvalue weighted by atomic mass is 9.72. The van der Waals surface area contributed by atoms with Gasteiger partial charge in [0.05, 0.1) is 0 Å². The summed E-state index contributed by atoms with van der Waals surface area (Å²) in [6.07, 6.45) is 1.89. The maximum atomic E-state index is 11.5. The second-order valence-corrected chi connectivity index (χ2v) is 5.44. The summed E-state index contributed by atoms with van der Waals surface area (Å²) in [5.74, 6) is 0.227. The van der Waals surface area contributed by atoms with E-state index >= 15 is 0 Å². The van der Waals surface area contributed by atoms with Gasteiger partial charge in [-0.1, -0.05) is 73.5 Å². The monoisotopic (exact) mass is 266 g/mol. The fourth-order valence-corrected chi connectivity index (χ4v) is 3.19. The number of piperidine rings is 1. The second kappa shape index (κ2) is 5.78. The molecule has 0 spiro atoms. The zero-order valence-corrected chi connectivity index (χ0v) is 11.6. The summed E-state index contributed by atoms with van der Waals surface area (Å²) in [5, 5.41) is 16.0. The molecule has 1 saturated heterocycles. The Morgan fingerprint density at radius 1 is 0.800 bits per heavy atom. The molecular formula is C18H20NO-. The van der Waals surface area contributed by atoms with E-state index in [4.69, 9.17) is 0 Å². The van der Waals surface area contributed by atoms with Crippen molar-refractivity contribution in [1.82, 2.24) is 0 Å². The van der Waals surface area contributed by atoms with E-state index in [1.54, 1.807) is 0 Å². The van der Waals surface area contributed by atoms with Crippen molar-refractivity contribution in [2.24, 2.45) is 5.92 Å². The number of nitrogens with zero attached hydrogens (tertiary/aromatic N) is 1. The molecule has 0 aliphatic carbocycles. The molecule has 0 aromatic heterocycles. The summed E-state index contributed by atoms with van der Waals surface area (Å²) in [7, 11) is 0. The van der Waals surface area contributed by atoms with Crippen LogP contribution in [-0.4, -0.2) is 18.2 Å². The molecule has 0 atom stereocenters. The summed E-state index contributed by atoms with van der Waals surface area (Å²) in [6.45, 7) is 1.71. The molecule has 1 aliphatic rings. The highest BCUT2D eigenvalue weighted by Gasteiger charge is 2.38. The average molecular weight is 266 g/mol. The molecule has 2 nitrogen and oxygen atoms in total. The first-order chi connectivity index (χ1) is 9.82. The minimum atomic E-state index is -0.904. The number of aliphatic hydroxyl groups is 1. The summed E-state index contributed by atoms with van der Waals surface area (Å²) >= 11 is 0. The van der Waals surface area contributed by atoms with Crippen LogP contribution in [-0.2, 0) is 5.60 Å². The largest absolute Gasteiger partial charge is 0.662 e. The van der Waals surface area contributed by atoms with Crippen molar-refractivity contribution in [3.05, 3.63) is 77.1 Å². The van der Waals surface area contributed by atoms with Gasteiger partial charge in [0.25, 0.3) is 0 Å². The summed E-state index contributed by atoms with van der Waals surface area (Å²) in [6, 6.07) is 20.1. The third-order valence-electron chi connectivity index (χ3n) is 4.29. The first-order valence-electron chi connectivity index (χ1n) is 7.28. The minimum absolute atomic E-state index is 0.227. The molecule has 0 saturated carbocycles. The molecule has 0 bridgehead atoms. The van der Waals surface area contributed by atoms with Crippen molar-refractivity contribution in [3.8, 4) is 0 Å². The van der Waals surface area contributed by atoms with Gasteiger partial charge in [-0.3, -0.25) is 0 Å². The lowest BCUT2D eigenvalue weighted by Gasteiger charge is -2.43. The molecule has 2 aromatic rings. The van der Waals surface area contributed by atoms with Crippen LogP contribution in [0.5, 0.6) is 0 Å². The van der Waals surface area contributed by atoms with Gasteiger partial charge >= 0.3 is 0 Å². The van der Waals surface area contributed by atoms with Crippen LogP contribution in [0.1, 0.15) is 24.0 Å². The zero-order chi connectivity index (χ0) is 13.8. The van der Waals surface area contributed by atoms with E-state index < -0.39 is 5.60 Å². The fraction of sp³-hybridized carbons (Fsp3) is 0.333. The second-order valence-electron chi connectivity index (χ2n) is 5.44. The highest BCUT2D eigenvalue weighted by atomic mass is 16.3. The maximum Gasteiger partial charge on any atom is 0.117 e. The lowest BCUT2D eigenvalue weighted by molar-refractivity contribution is 0.00814. The predicted molar refractivity (Wildman–Crippen MR) is 81.7 cm³/mol. The SMILES string of the molecule is OC(c1ccccc1)(c1ccccc1)C1CC[N-]CC1. The van der Waals surface area contributed by atoms with Crippen molar-refractivity contribution in [2.45, 2.75) is 18.4 Å². The van der Waals surface area contributed by atoms with Gasteiger partial charge in [-0.15, -0.1) is 13.1 Å². The fourth-order valence-electron chi connectivity index (χ4n) is 3.19. The van der Waals surface area contributed by atoms with Gasteiger partial charge in [0.15, 0.2) is 0 Å². The Bertz CT molecular complexity index is 492. The van der Waals surface area contributed by atoms with Gasteiger partial charge in [-0.05, 0) is 17.0 Å². The molecule has 104 valence electrons. The third-order valence-corrected chi connectivity index (χ3v) is 4.29. The molecule has 0 amide bonds. The third kappa shape index (κ3) is 2.37. The molecule has 3 rings (SSSR count). The Hall–Kier alpha value is -1.64. The van der Waals surface area contributed by atoms with Crippen LogP contribution < -0.4 is 0 Å². The first-order valence-corrected chi connectivity index (χ1v) is 7.28. The Kier molecular flexibility index (Phi) is 3.86. The number of rotatable bonds is 3. The smallest absolute Gasteiger partial charge is 0.117 e. The normalized spacial score (nSPS) is 17.1. The van der Waals surface area contributed by atoms with Crippen LogP contribution in [0.4, 0.5) is 0 Å². The van der Waals surface area contributed by atoms with Crippen LogP contribution in [0.25, 0.3) is 5.32 Å². The van der Waals surface area contributed by atoms with Gasteiger partial charge in [0.2, 0.25) is 0 Å². The number of hydrogen-bond acceptors (Lipinski definition) is 1. The highest BCUT2D eigenvalue weighted by molar-refractivity contribution is 5.37. The van der Waals surface area contributed by atoms with Gasteiger partial charge in [0, 0.05) is 0 Å². The molecule has 1 aliphatic heterocycles. The number of benzene rings is 2. The van der Waals surface area contributed by atoms with E-state index in [1.807, 2.05) is 60.7 Å².